The van der Waals surface area contributed by atoms with Gasteiger partial charge in [0.25, 0.3) is 0 Å². The van der Waals surface area contributed by atoms with Crippen LogP contribution in [-0.2, 0) is 22.2 Å². The average molecular weight is 638 g/mol. The van der Waals surface area contributed by atoms with Crippen LogP contribution in [0.2, 0.25) is 0 Å². The number of benzene rings is 3. The number of sulfone groups is 1. The highest BCUT2D eigenvalue weighted by Gasteiger charge is 2.37. The third kappa shape index (κ3) is 5.84. The van der Waals surface area contributed by atoms with Gasteiger partial charge in [0.1, 0.15) is 11.6 Å². The average Bonchev–Trinajstić information content (AvgIpc) is 3.54. The van der Waals surface area contributed by atoms with E-state index in [9.17, 15) is 34.8 Å². The molecular weight excluding hydrogens is 612 g/mol. The zero-order valence-electron chi connectivity index (χ0n) is 23.6. The van der Waals surface area contributed by atoms with Gasteiger partial charge in [-0.05, 0) is 60.5 Å². The molecule has 1 N–H and O–H groups in total. The molecule has 0 amide bonds. The molecule has 0 aliphatic carbocycles. The van der Waals surface area contributed by atoms with E-state index in [0.717, 1.165) is 25.6 Å². The van der Waals surface area contributed by atoms with Gasteiger partial charge in [0.15, 0.2) is 15.5 Å². The Morgan fingerprint density at radius 1 is 0.864 bits per heavy atom. The molecule has 0 spiro atoms. The van der Waals surface area contributed by atoms with Crippen LogP contribution in [0.5, 0.6) is 5.75 Å². The normalized spacial score (nSPS) is 14.5. The number of imidazole rings is 1. The second kappa shape index (κ2) is 10.9. The summed E-state index contributed by atoms with van der Waals surface area (Å²) < 4.78 is 113. The second-order valence-electron chi connectivity index (χ2n) is 9.95. The third-order valence-electron chi connectivity index (χ3n) is 6.95. The summed E-state index contributed by atoms with van der Waals surface area (Å²) in [6, 6.07) is 14.4. The summed E-state index contributed by atoms with van der Waals surface area (Å²) >= 11 is 0. The van der Waals surface area contributed by atoms with E-state index in [1.807, 2.05) is 0 Å². The van der Waals surface area contributed by atoms with Crippen molar-refractivity contribution >= 4 is 21.2 Å². The van der Waals surface area contributed by atoms with Crippen LogP contribution in [0.15, 0.2) is 78.0 Å². The summed E-state index contributed by atoms with van der Waals surface area (Å²) in [6.45, 7) is 1.39. The van der Waals surface area contributed by atoms with Crippen LogP contribution in [0.1, 0.15) is 22.6 Å². The van der Waals surface area contributed by atoms with Crippen molar-refractivity contribution in [1.82, 2.24) is 20.1 Å². The molecule has 8 nitrogen and oxygen atoms in total. The van der Waals surface area contributed by atoms with Gasteiger partial charge in [0.2, 0.25) is 0 Å². The number of anilines is 1. The van der Waals surface area contributed by atoms with Crippen molar-refractivity contribution in [1.29, 1.82) is 0 Å². The van der Waals surface area contributed by atoms with E-state index < -0.39 is 33.4 Å². The third-order valence-corrected chi connectivity index (χ3v) is 8.06. The number of nitrogens with zero attached hydrogens (tertiary/aromatic N) is 4. The maximum absolute atomic E-state index is 13.9. The molecule has 44 heavy (non-hydrogen) atoms. The van der Waals surface area contributed by atoms with Crippen molar-refractivity contribution in [2.75, 3.05) is 25.4 Å². The Balaban J connectivity index is 1.73. The number of hydrazine groups is 2. The lowest BCUT2D eigenvalue weighted by atomic mass is 10.0. The van der Waals surface area contributed by atoms with Crippen LogP contribution in [-0.4, -0.2) is 43.5 Å². The molecule has 1 aromatic heterocycles. The molecule has 0 atom stereocenters. The molecule has 0 radical (unpaired) electrons. The Morgan fingerprint density at radius 3 is 2.16 bits per heavy atom. The molecule has 4 aromatic rings. The summed E-state index contributed by atoms with van der Waals surface area (Å²) in [6.07, 6.45) is -6.11. The van der Waals surface area contributed by atoms with E-state index in [0.29, 0.717) is 11.1 Å². The number of halogens is 6. The molecule has 5 rings (SSSR count). The Labute approximate surface area is 248 Å². The molecule has 0 fully saturated rings. The van der Waals surface area contributed by atoms with Gasteiger partial charge in [0, 0.05) is 31.3 Å². The number of aromatic nitrogens is 2. The molecule has 0 bridgehead atoms. The molecule has 232 valence electrons. The van der Waals surface area contributed by atoms with Gasteiger partial charge in [-0.1, -0.05) is 18.2 Å². The summed E-state index contributed by atoms with van der Waals surface area (Å²) in [5.74, 6) is -0.371. The Kier molecular flexibility index (Phi) is 7.66. The zero-order valence-corrected chi connectivity index (χ0v) is 24.4. The maximum atomic E-state index is 13.9. The molecular formula is C29H25F6N5O3S. The SMILES string of the molecule is COc1ccc(C2=CNN(C)N2c2cc(-c3cccc(S(C)(=O)=O)c3)ccc2-n2cc(C(F)(F)F)nc2C)cc1C(F)(F)F. The molecule has 0 saturated carbocycles. The fourth-order valence-corrected chi connectivity index (χ4v) is 5.52. The van der Waals surface area contributed by atoms with Crippen LogP contribution >= 0.6 is 0 Å². The van der Waals surface area contributed by atoms with E-state index in [-0.39, 0.29) is 39.1 Å². The lowest BCUT2D eigenvalue weighted by Gasteiger charge is -2.31. The minimum absolute atomic E-state index is 0.00884. The van der Waals surface area contributed by atoms with Crippen LogP contribution in [0, 0.1) is 6.92 Å². The summed E-state index contributed by atoms with van der Waals surface area (Å²) in [7, 11) is -0.867. The first-order valence-electron chi connectivity index (χ1n) is 12.8. The van der Waals surface area contributed by atoms with Crippen molar-refractivity contribution in [3.05, 3.63) is 95.7 Å². The number of methoxy groups -OCH3 is 1. The predicted molar refractivity (Wildman–Crippen MR) is 151 cm³/mol. The van der Waals surface area contributed by atoms with E-state index in [2.05, 4.69) is 10.4 Å². The minimum Gasteiger partial charge on any atom is -0.496 e. The summed E-state index contributed by atoms with van der Waals surface area (Å²) in [5.41, 5.74) is 2.60. The molecule has 1 aliphatic rings. The van der Waals surface area contributed by atoms with Gasteiger partial charge in [-0.3, -0.25) is 5.01 Å². The number of hydrogen-bond donors (Lipinski definition) is 1. The van der Waals surface area contributed by atoms with Crippen LogP contribution in [0.4, 0.5) is 32.0 Å². The van der Waals surface area contributed by atoms with Gasteiger partial charge in [0.05, 0.1) is 34.6 Å². The molecule has 3 aromatic carbocycles. The molecule has 2 heterocycles. The number of hydrogen-bond acceptors (Lipinski definition) is 7. The highest BCUT2D eigenvalue weighted by molar-refractivity contribution is 7.90. The Bertz CT molecular complexity index is 1880. The highest BCUT2D eigenvalue weighted by atomic mass is 32.2. The molecule has 0 saturated heterocycles. The zero-order chi connectivity index (χ0) is 32.2. The van der Waals surface area contributed by atoms with Crippen LogP contribution in [0.3, 0.4) is 0 Å². The smallest absolute Gasteiger partial charge is 0.434 e. The van der Waals surface area contributed by atoms with Crippen molar-refractivity contribution < 1.29 is 39.5 Å². The number of alkyl halides is 6. The summed E-state index contributed by atoms with van der Waals surface area (Å²) in [4.78, 5) is 3.72. The second-order valence-corrected chi connectivity index (χ2v) is 12.0. The van der Waals surface area contributed by atoms with Crippen molar-refractivity contribution in [2.24, 2.45) is 0 Å². The Hall–Kier alpha value is -4.50. The van der Waals surface area contributed by atoms with E-state index in [1.54, 1.807) is 31.3 Å². The lowest BCUT2D eigenvalue weighted by Crippen LogP contribution is -2.40. The highest BCUT2D eigenvalue weighted by Crippen LogP contribution is 2.42. The monoisotopic (exact) mass is 637 g/mol. The van der Waals surface area contributed by atoms with Gasteiger partial charge >= 0.3 is 12.4 Å². The van der Waals surface area contributed by atoms with Gasteiger partial charge in [-0.2, -0.15) is 26.3 Å². The van der Waals surface area contributed by atoms with Gasteiger partial charge < -0.3 is 14.7 Å². The van der Waals surface area contributed by atoms with Gasteiger partial charge in [-0.25, -0.2) is 13.4 Å². The first-order valence-corrected chi connectivity index (χ1v) is 14.7. The molecule has 1 aliphatic heterocycles. The van der Waals surface area contributed by atoms with Crippen LogP contribution in [0.25, 0.3) is 22.5 Å². The Morgan fingerprint density at radius 2 is 1.55 bits per heavy atom. The predicted octanol–water partition coefficient (Wildman–Crippen LogP) is 6.47. The topological polar surface area (TPSA) is 79.7 Å². The minimum atomic E-state index is -4.73. The van der Waals surface area contributed by atoms with E-state index >= 15 is 0 Å². The number of ether oxygens (including phenoxy) is 1. The fourth-order valence-electron chi connectivity index (χ4n) is 4.86. The standard InChI is InChI=1S/C29H25F6N5O3S/c1-17-37-27(29(33,34)35)16-39(17)23-10-8-19(18-6-5-7-21(12-18)44(4,41)42)14-24(23)40-25(15-36-38(40)2)20-9-11-26(43-3)22(13-20)28(30,31)32/h5-16,36H,1-4H3. The molecule has 15 heteroatoms. The van der Waals surface area contributed by atoms with Crippen molar-refractivity contribution in [2.45, 2.75) is 24.2 Å². The van der Waals surface area contributed by atoms with Crippen LogP contribution < -0.4 is 15.2 Å². The van der Waals surface area contributed by atoms with Gasteiger partial charge in [-0.15, -0.1) is 5.12 Å². The lowest BCUT2D eigenvalue weighted by molar-refractivity contribution is -0.141. The van der Waals surface area contributed by atoms with E-state index in [1.165, 1.54) is 58.1 Å². The maximum Gasteiger partial charge on any atom is 0.434 e. The molecule has 0 unspecified atom stereocenters. The number of aryl methyl sites for hydroxylation is 1. The first kappa shape index (κ1) is 30.9. The van der Waals surface area contributed by atoms with Crippen molar-refractivity contribution in [3.8, 4) is 22.6 Å². The van der Waals surface area contributed by atoms with Crippen molar-refractivity contribution in [3.63, 3.8) is 0 Å². The summed E-state index contributed by atoms with van der Waals surface area (Å²) in [5, 5.41) is 2.94. The first-order chi connectivity index (χ1) is 20.5. The fraction of sp³-hybridized carbons (Fsp3) is 0.207. The number of rotatable bonds is 6. The van der Waals surface area contributed by atoms with E-state index in [4.69, 9.17) is 4.74 Å². The quantitative estimate of drug-likeness (QED) is 0.243. The largest absolute Gasteiger partial charge is 0.496 e. The number of nitrogens with one attached hydrogen (secondary N) is 1.